The molecule has 0 radical (unpaired) electrons. The van der Waals surface area contributed by atoms with E-state index in [-0.39, 0.29) is 12.6 Å². The maximum atomic E-state index is 12.5. The quantitative estimate of drug-likeness (QED) is 0.360. The van der Waals surface area contributed by atoms with Crippen LogP contribution in [-0.2, 0) is 0 Å². The summed E-state index contributed by atoms with van der Waals surface area (Å²) in [5, 5.41) is 12.8. The second-order valence-corrected chi connectivity index (χ2v) is 9.64. The zero-order valence-corrected chi connectivity index (χ0v) is 22.1. The molecule has 1 aliphatic heterocycles. The highest BCUT2D eigenvalue weighted by molar-refractivity contribution is 6.32. The number of hydrogen-bond donors (Lipinski definition) is 2. The molecule has 2 amide bonds. The van der Waals surface area contributed by atoms with Crippen molar-refractivity contribution in [1.82, 2.24) is 29.2 Å². The minimum Gasteiger partial charge on any atom is -0.495 e. The van der Waals surface area contributed by atoms with Gasteiger partial charge in [-0.2, -0.15) is 0 Å². The summed E-state index contributed by atoms with van der Waals surface area (Å²) >= 11 is 6.46. The number of pyridine rings is 1. The molecule has 1 saturated heterocycles. The van der Waals surface area contributed by atoms with E-state index in [4.69, 9.17) is 21.4 Å². The molecule has 2 N–H and O–H groups in total. The number of likely N-dealkylation sites (N-methyl/N-ethyl adjacent to an activating group) is 1. The summed E-state index contributed by atoms with van der Waals surface area (Å²) in [5.41, 5.74) is 4.04. The number of nitrogens with zero attached hydrogens (tertiary/aromatic N) is 6. The van der Waals surface area contributed by atoms with Crippen LogP contribution in [-0.4, -0.2) is 80.7 Å². The Hall–Kier alpha value is -3.89. The Bertz CT molecular complexity index is 1440. The van der Waals surface area contributed by atoms with Gasteiger partial charge in [0.15, 0.2) is 0 Å². The number of amides is 2. The minimum atomic E-state index is -0.0408. The van der Waals surface area contributed by atoms with Crippen LogP contribution in [0.25, 0.3) is 17.0 Å². The number of piperidine rings is 1. The Morgan fingerprint density at radius 3 is 2.79 bits per heavy atom. The average molecular weight is 536 g/mol. The number of ether oxygens (including phenoxy) is 1. The van der Waals surface area contributed by atoms with Crippen LogP contribution in [0.5, 0.6) is 5.75 Å². The summed E-state index contributed by atoms with van der Waals surface area (Å²) in [7, 11) is 3.35. The zero-order chi connectivity index (χ0) is 26.6. The van der Waals surface area contributed by atoms with Crippen molar-refractivity contribution in [3.05, 3.63) is 65.6 Å². The van der Waals surface area contributed by atoms with Gasteiger partial charge in [-0.3, -0.25) is 4.40 Å². The topological polar surface area (TPSA) is 108 Å². The predicted molar refractivity (Wildman–Crippen MR) is 146 cm³/mol. The van der Waals surface area contributed by atoms with E-state index >= 15 is 0 Å². The number of nitrogens with one attached hydrogen (secondary N) is 1. The number of aliphatic hydroxyl groups excluding tert-OH is 1. The summed E-state index contributed by atoms with van der Waals surface area (Å²) in [4.78, 5) is 29.4. The number of anilines is 2. The average Bonchev–Trinajstić information content (AvgIpc) is 3.38. The summed E-state index contributed by atoms with van der Waals surface area (Å²) in [5.74, 6) is 1.39. The van der Waals surface area contributed by atoms with E-state index in [1.807, 2.05) is 45.8 Å². The number of benzene rings is 1. The van der Waals surface area contributed by atoms with E-state index in [1.54, 1.807) is 31.5 Å². The van der Waals surface area contributed by atoms with Crippen LogP contribution >= 0.6 is 11.6 Å². The van der Waals surface area contributed by atoms with Crippen molar-refractivity contribution in [3.63, 3.8) is 0 Å². The summed E-state index contributed by atoms with van der Waals surface area (Å²) in [6.45, 7) is 1.64. The Balaban J connectivity index is 1.31. The molecule has 10 nitrogen and oxygen atoms in total. The Morgan fingerprint density at radius 1 is 1.21 bits per heavy atom. The van der Waals surface area contributed by atoms with Crippen LogP contribution in [0.15, 0.2) is 55.0 Å². The van der Waals surface area contributed by atoms with Gasteiger partial charge in [0.05, 0.1) is 42.5 Å². The number of imidazole rings is 1. The standard InChI is InChI=1S/C27H30ClN7O3/c1-33(13-14-36)27(37)34-11-8-18(9-12-34)19-6-7-21(23(15-19)38-2)31-26-30-16-20(28)25(32-26)22-17-29-24-5-3-4-10-35(22)24/h3-7,10,15-18,36H,8-9,11-14H2,1-2H3,(H,30,31,32). The normalized spacial score (nSPS) is 14.1. The van der Waals surface area contributed by atoms with Crippen LogP contribution in [0.1, 0.15) is 24.3 Å². The molecule has 4 heterocycles. The maximum Gasteiger partial charge on any atom is 0.319 e. The minimum absolute atomic E-state index is 0.0398. The van der Waals surface area contributed by atoms with E-state index in [9.17, 15) is 4.79 Å². The van der Waals surface area contributed by atoms with E-state index in [1.165, 1.54) is 0 Å². The highest BCUT2D eigenvalue weighted by Gasteiger charge is 2.26. The van der Waals surface area contributed by atoms with Gasteiger partial charge in [0.1, 0.15) is 17.1 Å². The number of halogens is 1. The monoisotopic (exact) mass is 535 g/mol. The van der Waals surface area contributed by atoms with Crippen LogP contribution in [0.4, 0.5) is 16.4 Å². The number of aliphatic hydroxyl groups is 1. The van der Waals surface area contributed by atoms with Crippen molar-refractivity contribution in [2.75, 3.05) is 45.7 Å². The van der Waals surface area contributed by atoms with Crippen molar-refractivity contribution in [2.24, 2.45) is 0 Å². The molecule has 198 valence electrons. The van der Waals surface area contributed by atoms with E-state index in [0.29, 0.717) is 48.0 Å². The molecule has 3 aromatic heterocycles. The first-order valence-electron chi connectivity index (χ1n) is 12.5. The van der Waals surface area contributed by atoms with Crippen LogP contribution in [0.2, 0.25) is 5.02 Å². The fourth-order valence-corrected chi connectivity index (χ4v) is 4.98. The number of carbonyl (C=O) groups is 1. The van der Waals surface area contributed by atoms with Crippen LogP contribution in [0, 0.1) is 0 Å². The highest BCUT2D eigenvalue weighted by Crippen LogP contribution is 2.35. The third-order valence-corrected chi connectivity index (χ3v) is 7.15. The van der Waals surface area contributed by atoms with Crippen molar-refractivity contribution < 1.29 is 14.6 Å². The van der Waals surface area contributed by atoms with Gasteiger partial charge >= 0.3 is 6.03 Å². The lowest BCUT2D eigenvalue weighted by Gasteiger charge is -2.34. The number of aromatic nitrogens is 4. The molecule has 1 fully saturated rings. The number of fused-ring (bicyclic) bond motifs is 1. The van der Waals surface area contributed by atoms with Gasteiger partial charge in [0.2, 0.25) is 5.95 Å². The van der Waals surface area contributed by atoms with Crippen molar-refractivity contribution in [3.8, 4) is 17.1 Å². The molecule has 0 saturated carbocycles. The summed E-state index contributed by atoms with van der Waals surface area (Å²) in [6, 6.07) is 11.8. The molecule has 0 bridgehead atoms. The van der Waals surface area contributed by atoms with E-state index in [0.717, 1.165) is 35.4 Å². The van der Waals surface area contributed by atoms with Gasteiger partial charge in [0, 0.05) is 32.9 Å². The van der Waals surface area contributed by atoms with Gasteiger partial charge in [-0.1, -0.05) is 23.7 Å². The Labute approximate surface area is 225 Å². The highest BCUT2D eigenvalue weighted by atomic mass is 35.5. The van der Waals surface area contributed by atoms with Crippen LogP contribution in [0.3, 0.4) is 0 Å². The SMILES string of the molecule is COc1cc(C2CCN(C(=O)N(C)CCO)CC2)ccc1Nc1ncc(Cl)c(-c2cnc3ccccn23)n1. The Kier molecular flexibility index (Phi) is 7.62. The third-order valence-electron chi connectivity index (χ3n) is 6.87. The number of carbonyl (C=O) groups excluding carboxylic acids is 1. The second-order valence-electron chi connectivity index (χ2n) is 9.24. The van der Waals surface area contributed by atoms with E-state index in [2.05, 4.69) is 26.3 Å². The van der Waals surface area contributed by atoms with Gasteiger partial charge in [-0.05, 0) is 48.6 Å². The lowest BCUT2D eigenvalue weighted by molar-refractivity contribution is 0.139. The molecule has 1 aliphatic rings. The molecule has 5 rings (SSSR count). The summed E-state index contributed by atoms with van der Waals surface area (Å²) < 4.78 is 7.62. The van der Waals surface area contributed by atoms with Crippen molar-refractivity contribution in [2.45, 2.75) is 18.8 Å². The molecule has 4 aromatic rings. The largest absolute Gasteiger partial charge is 0.495 e. The first-order valence-corrected chi connectivity index (χ1v) is 12.9. The predicted octanol–water partition coefficient (Wildman–Crippen LogP) is 4.42. The van der Waals surface area contributed by atoms with Crippen LogP contribution < -0.4 is 10.1 Å². The number of likely N-dealkylation sites (tertiary alicyclic amines) is 1. The first-order chi connectivity index (χ1) is 18.5. The molecule has 1 aromatic carbocycles. The molecular weight excluding hydrogens is 506 g/mol. The number of hydrogen-bond acceptors (Lipinski definition) is 7. The lowest BCUT2D eigenvalue weighted by atomic mass is 9.89. The smallest absolute Gasteiger partial charge is 0.319 e. The van der Waals surface area contributed by atoms with E-state index < -0.39 is 0 Å². The zero-order valence-electron chi connectivity index (χ0n) is 21.3. The number of urea groups is 1. The van der Waals surface area contributed by atoms with Crippen molar-refractivity contribution in [1.29, 1.82) is 0 Å². The summed E-state index contributed by atoms with van der Waals surface area (Å²) in [6.07, 6.45) is 6.95. The van der Waals surface area contributed by atoms with Gasteiger partial charge in [0.25, 0.3) is 0 Å². The molecule has 0 atom stereocenters. The fourth-order valence-electron chi connectivity index (χ4n) is 4.79. The third kappa shape index (κ3) is 5.23. The first kappa shape index (κ1) is 25.7. The molecule has 0 unspecified atom stereocenters. The maximum absolute atomic E-state index is 12.5. The molecule has 11 heteroatoms. The van der Waals surface area contributed by atoms with Gasteiger partial charge < -0.3 is 25.0 Å². The Morgan fingerprint density at radius 2 is 2.03 bits per heavy atom. The lowest BCUT2D eigenvalue weighted by Crippen LogP contribution is -2.45. The number of rotatable bonds is 7. The second kappa shape index (κ2) is 11.2. The molecular formula is C27H30ClN7O3. The molecule has 0 spiro atoms. The fraction of sp³-hybridized carbons (Fsp3) is 0.333. The van der Waals surface area contributed by atoms with Gasteiger partial charge in [-0.15, -0.1) is 0 Å². The molecule has 38 heavy (non-hydrogen) atoms. The van der Waals surface area contributed by atoms with Crippen molar-refractivity contribution >= 4 is 34.9 Å². The number of methoxy groups -OCH3 is 1. The van der Waals surface area contributed by atoms with Gasteiger partial charge in [-0.25, -0.2) is 19.7 Å². The molecule has 0 aliphatic carbocycles.